The predicted molar refractivity (Wildman–Crippen MR) is 112 cm³/mol. The van der Waals surface area contributed by atoms with Gasteiger partial charge in [-0.2, -0.15) is 0 Å². The highest BCUT2D eigenvalue weighted by atomic mass is 16.6. The molecular formula is C22H28N2O5. The molecule has 0 aromatic carbocycles. The number of pyridine rings is 2. The molecule has 0 aliphatic rings. The number of hydrogen-bond donors (Lipinski definition) is 0. The number of ether oxygens (including phenoxy) is 5. The van der Waals surface area contributed by atoms with Gasteiger partial charge in [0.2, 0.25) is 11.8 Å². The summed E-state index contributed by atoms with van der Waals surface area (Å²) in [6.45, 7) is 11.2. The second-order valence-corrected chi connectivity index (χ2v) is 5.74. The molecule has 2 aromatic rings. The fourth-order valence-electron chi connectivity index (χ4n) is 2.20. The van der Waals surface area contributed by atoms with Crippen LogP contribution in [0.15, 0.2) is 49.6 Å². The highest BCUT2D eigenvalue weighted by Crippen LogP contribution is 2.08. The molecule has 0 radical (unpaired) electrons. The number of nitrogens with zero attached hydrogens (tertiary/aromatic N) is 2. The predicted octanol–water partition coefficient (Wildman–Crippen LogP) is 3.27. The van der Waals surface area contributed by atoms with Gasteiger partial charge in [0.1, 0.15) is 13.2 Å². The molecule has 0 aliphatic carbocycles. The molecule has 0 saturated heterocycles. The topological polar surface area (TPSA) is 71.9 Å². The van der Waals surface area contributed by atoms with Crippen LogP contribution in [0.25, 0.3) is 12.2 Å². The van der Waals surface area contributed by atoms with Crippen LogP contribution in [0.3, 0.4) is 0 Å². The van der Waals surface area contributed by atoms with Gasteiger partial charge in [0, 0.05) is 12.1 Å². The Morgan fingerprint density at radius 3 is 1.34 bits per heavy atom. The van der Waals surface area contributed by atoms with Crippen LogP contribution in [-0.2, 0) is 14.2 Å². The SMILES string of the molecule is C=Cc1cccc(OCCOCCOCCOCCOc2cccc(C=C)n2)n1. The zero-order valence-electron chi connectivity index (χ0n) is 16.6. The molecule has 0 saturated carbocycles. The standard InChI is InChI=1S/C22H28N2O5/c1-3-19-7-5-9-21(23-19)28-17-15-26-13-11-25-12-14-27-16-18-29-22-10-6-8-20(4-2)24-22/h3-10H,1-2,11-18H2. The third-order valence-corrected chi connectivity index (χ3v) is 3.61. The lowest BCUT2D eigenvalue weighted by Crippen LogP contribution is -2.14. The summed E-state index contributed by atoms with van der Waals surface area (Å²) in [5, 5.41) is 0. The van der Waals surface area contributed by atoms with Gasteiger partial charge in [0.25, 0.3) is 0 Å². The van der Waals surface area contributed by atoms with Crippen LogP contribution in [0.1, 0.15) is 11.4 Å². The van der Waals surface area contributed by atoms with Gasteiger partial charge < -0.3 is 23.7 Å². The molecule has 2 aromatic heterocycles. The Morgan fingerprint density at radius 2 is 0.966 bits per heavy atom. The molecule has 156 valence electrons. The van der Waals surface area contributed by atoms with E-state index in [1.54, 1.807) is 24.3 Å². The summed E-state index contributed by atoms with van der Waals surface area (Å²) in [6.07, 6.45) is 3.35. The molecular weight excluding hydrogens is 372 g/mol. The first kappa shape index (κ1) is 22.5. The first-order chi connectivity index (χ1) is 14.3. The van der Waals surface area contributed by atoms with E-state index in [2.05, 4.69) is 23.1 Å². The van der Waals surface area contributed by atoms with E-state index in [1.807, 2.05) is 24.3 Å². The fourth-order valence-corrected chi connectivity index (χ4v) is 2.20. The molecule has 7 nitrogen and oxygen atoms in total. The van der Waals surface area contributed by atoms with E-state index in [9.17, 15) is 0 Å². The van der Waals surface area contributed by atoms with Crippen molar-refractivity contribution in [2.45, 2.75) is 0 Å². The lowest BCUT2D eigenvalue weighted by molar-refractivity contribution is 0.00459. The molecule has 7 heteroatoms. The Bertz CT molecular complexity index is 677. The molecule has 0 bridgehead atoms. The van der Waals surface area contributed by atoms with Crippen LogP contribution >= 0.6 is 0 Å². The van der Waals surface area contributed by atoms with Crippen molar-refractivity contribution in [1.29, 1.82) is 0 Å². The molecule has 0 spiro atoms. The summed E-state index contributed by atoms with van der Waals surface area (Å²) in [5.41, 5.74) is 1.56. The molecule has 0 N–H and O–H groups in total. The largest absolute Gasteiger partial charge is 0.475 e. The summed E-state index contributed by atoms with van der Waals surface area (Å²) >= 11 is 0. The number of hydrogen-bond acceptors (Lipinski definition) is 7. The lowest BCUT2D eigenvalue weighted by atomic mass is 10.3. The van der Waals surface area contributed by atoms with Crippen molar-refractivity contribution in [3.8, 4) is 11.8 Å². The van der Waals surface area contributed by atoms with Crippen LogP contribution < -0.4 is 9.47 Å². The highest BCUT2D eigenvalue weighted by Gasteiger charge is 1.98. The zero-order valence-corrected chi connectivity index (χ0v) is 16.6. The fraction of sp³-hybridized carbons (Fsp3) is 0.364. The van der Waals surface area contributed by atoms with E-state index in [1.165, 1.54) is 0 Å². The molecule has 2 heterocycles. The van der Waals surface area contributed by atoms with Gasteiger partial charge >= 0.3 is 0 Å². The van der Waals surface area contributed by atoms with Crippen LogP contribution in [0, 0.1) is 0 Å². The minimum absolute atomic E-state index is 0.432. The first-order valence-corrected chi connectivity index (χ1v) is 9.49. The molecule has 0 aliphatic heterocycles. The normalized spacial score (nSPS) is 10.5. The van der Waals surface area contributed by atoms with Crippen molar-refractivity contribution in [2.75, 3.05) is 52.9 Å². The molecule has 2 rings (SSSR count). The molecule has 0 atom stereocenters. The van der Waals surface area contributed by atoms with Gasteiger partial charge in [0.15, 0.2) is 0 Å². The lowest BCUT2D eigenvalue weighted by Gasteiger charge is -2.08. The smallest absolute Gasteiger partial charge is 0.213 e. The van der Waals surface area contributed by atoms with Crippen molar-refractivity contribution in [2.24, 2.45) is 0 Å². The average molecular weight is 400 g/mol. The van der Waals surface area contributed by atoms with Crippen molar-refractivity contribution in [3.63, 3.8) is 0 Å². The van der Waals surface area contributed by atoms with E-state index in [0.717, 1.165) is 11.4 Å². The van der Waals surface area contributed by atoms with Gasteiger partial charge in [-0.3, -0.25) is 0 Å². The summed E-state index contributed by atoms with van der Waals surface area (Å²) in [7, 11) is 0. The van der Waals surface area contributed by atoms with Crippen LogP contribution in [-0.4, -0.2) is 62.8 Å². The third-order valence-electron chi connectivity index (χ3n) is 3.61. The highest BCUT2D eigenvalue weighted by molar-refractivity contribution is 5.42. The van der Waals surface area contributed by atoms with E-state index in [4.69, 9.17) is 23.7 Å². The summed E-state index contributed by atoms with van der Waals surface area (Å²) in [4.78, 5) is 8.51. The Morgan fingerprint density at radius 1 is 0.586 bits per heavy atom. The minimum Gasteiger partial charge on any atom is -0.475 e. The Labute approximate surface area is 171 Å². The second kappa shape index (κ2) is 14.3. The minimum atomic E-state index is 0.432. The van der Waals surface area contributed by atoms with Crippen molar-refractivity contribution < 1.29 is 23.7 Å². The summed E-state index contributed by atoms with van der Waals surface area (Å²) < 4.78 is 27.4. The van der Waals surface area contributed by atoms with E-state index in [0.29, 0.717) is 64.6 Å². The first-order valence-electron chi connectivity index (χ1n) is 9.49. The average Bonchev–Trinajstić information content (AvgIpc) is 2.77. The van der Waals surface area contributed by atoms with Crippen LogP contribution in [0.5, 0.6) is 11.8 Å². The molecule has 29 heavy (non-hydrogen) atoms. The molecule has 0 unspecified atom stereocenters. The van der Waals surface area contributed by atoms with Gasteiger partial charge in [-0.1, -0.05) is 25.3 Å². The van der Waals surface area contributed by atoms with Crippen molar-refractivity contribution in [3.05, 3.63) is 60.9 Å². The molecule has 0 amide bonds. The van der Waals surface area contributed by atoms with Crippen LogP contribution in [0.2, 0.25) is 0 Å². The van der Waals surface area contributed by atoms with E-state index < -0.39 is 0 Å². The monoisotopic (exact) mass is 400 g/mol. The van der Waals surface area contributed by atoms with E-state index >= 15 is 0 Å². The summed E-state index contributed by atoms with van der Waals surface area (Å²) in [6, 6.07) is 11.1. The Hall–Kier alpha value is -2.74. The third kappa shape index (κ3) is 9.84. The second-order valence-electron chi connectivity index (χ2n) is 5.74. The maximum Gasteiger partial charge on any atom is 0.213 e. The van der Waals surface area contributed by atoms with Gasteiger partial charge in [0.05, 0.1) is 51.0 Å². The maximum absolute atomic E-state index is 5.51. The van der Waals surface area contributed by atoms with Gasteiger partial charge in [-0.15, -0.1) is 0 Å². The van der Waals surface area contributed by atoms with Crippen LogP contribution in [0.4, 0.5) is 0 Å². The quantitative estimate of drug-likeness (QED) is 0.401. The van der Waals surface area contributed by atoms with Gasteiger partial charge in [-0.25, -0.2) is 9.97 Å². The number of rotatable bonds is 16. The van der Waals surface area contributed by atoms with Crippen molar-refractivity contribution >= 4 is 12.2 Å². The van der Waals surface area contributed by atoms with E-state index in [-0.39, 0.29) is 0 Å². The molecule has 0 fully saturated rings. The zero-order chi connectivity index (χ0) is 20.6. The maximum atomic E-state index is 5.51. The van der Waals surface area contributed by atoms with Crippen molar-refractivity contribution in [1.82, 2.24) is 9.97 Å². The Balaban J connectivity index is 1.37. The Kier molecular flexibility index (Phi) is 11.1. The number of aromatic nitrogens is 2. The van der Waals surface area contributed by atoms with Gasteiger partial charge in [-0.05, 0) is 24.3 Å². The summed E-state index contributed by atoms with van der Waals surface area (Å²) in [5.74, 6) is 1.13.